The number of fused-ring (bicyclic) bond motifs is 1. The molecule has 94 valence electrons. The number of anilines is 1. The molecule has 1 aromatic rings. The molecule has 0 amide bonds. The molecule has 0 aliphatic carbocycles. The summed E-state index contributed by atoms with van der Waals surface area (Å²) in [6.45, 7) is 6.07. The Morgan fingerprint density at radius 2 is 2.24 bits per heavy atom. The highest BCUT2D eigenvalue weighted by molar-refractivity contribution is 5.80. The lowest BCUT2D eigenvalue weighted by Gasteiger charge is -2.32. The quantitative estimate of drug-likeness (QED) is 0.822. The number of rotatable bonds is 2. The maximum absolute atomic E-state index is 11.4. The van der Waals surface area contributed by atoms with Crippen molar-refractivity contribution in [3.8, 4) is 0 Å². The van der Waals surface area contributed by atoms with Crippen molar-refractivity contribution in [3.63, 3.8) is 0 Å². The van der Waals surface area contributed by atoms with E-state index >= 15 is 0 Å². The molecule has 0 saturated carbocycles. The fraction of sp³-hybridized carbons (Fsp3) is 0.667. The Kier molecular flexibility index (Phi) is 2.85. The molecular weight excluding hydrogens is 218 g/mol. The van der Waals surface area contributed by atoms with Crippen molar-refractivity contribution in [3.05, 3.63) is 11.3 Å². The van der Waals surface area contributed by atoms with Crippen LogP contribution < -0.4 is 5.32 Å². The van der Waals surface area contributed by atoms with Gasteiger partial charge in [-0.15, -0.1) is 0 Å². The number of aromatic nitrogens is 2. The van der Waals surface area contributed by atoms with Crippen LogP contribution in [0.5, 0.6) is 0 Å². The van der Waals surface area contributed by atoms with Crippen LogP contribution in [0.25, 0.3) is 0 Å². The van der Waals surface area contributed by atoms with Crippen molar-refractivity contribution in [2.75, 3.05) is 5.32 Å². The third-order valence-corrected chi connectivity index (χ3v) is 3.53. The number of hydrogen-bond acceptors (Lipinski definition) is 3. The van der Waals surface area contributed by atoms with Gasteiger partial charge in [0.15, 0.2) is 0 Å². The summed E-state index contributed by atoms with van der Waals surface area (Å²) >= 11 is 0. The van der Waals surface area contributed by atoms with Crippen LogP contribution in [0, 0.1) is 12.8 Å². The Hall–Kier alpha value is -1.52. The van der Waals surface area contributed by atoms with Crippen LogP contribution in [-0.2, 0) is 11.8 Å². The van der Waals surface area contributed by atoms with E-state index in [1.54, 1.807) is 4.68 Å². The van der Waals surface area contributed by atoms with Crippen LogP contribution in [-0.4, -0.2) is 26.9 Å². The number of nitrogens with one attached hydrogen (secondary N) is 1. The van der Waals surface area contributed by atoms with Gasteiger partial charge in [0.25, 0.3) is 0 Å². The highest BCUT2D eigenvalue weighted by Crippen LogP contribution is 2.38. The molecule has 1 aliphatic heterocycles. The molecule has 2 heterocycles. The summed E-state index contributed by atoms with van der Waals surface area (Å²) in [6.07, 6.45) is 0.631. The first-order valence-corrected chi connectivity index (χ1v) is 5.94. The predicted octanol–water partition coefficient (Wildman–Crippen LogP) is 1.74. The third kappa shape index (κ3) is 1.90. The van der Waals surface area contributed by atoms with Crippen LogP contribution in [0.1, 0.15) is 37.4 Å². The first-order valence-electron chi connectivity index (χ1n) is 5.94. The van der Waals surface area contributed by atoms with Crippen molar-refractivity contribution in [1.82, 2.24) is 9.78 Å². The van der Waals surface area contributed by atoms with Crippen LogP contribution in [0.15, 0.2) is 0 Å². The Morgan fingerprint density at radius 3 is 2.76 bits per heavy atom. The summed E-state index contributed by atoms with van der Waals surface area (Å²) in [4.78, 5) is 11.4. The summed E-state index contributed by atoms with van der Waals surface area (Å²) in [5.74, 6) is 0.0712. The summed E-state index contributed by atoms with van der Waals surface area (Å²) in [6, 6.07) is 0.193. The Balaban J connectivity index is 2.47. The molecule has 0 saturated heterocycles. The van der Waals surface area contributed by atoms with Crippen LogP contribution in [0.4, 0.5) is 5.82 Å². The van der Waals surface area contributed by atoms with E-state index < -0.39 is 11.9 Å². The standard InChI is InChI=1S/C12H19N3O2/c1-6(2)9-5-8(12(16)17)10-7(3)14-15(4)11(10)13-9/h6,8-9,13H,5H2,1-4H3,(H,16,17)/t8-,9+/m1/s1. The zero-order valence-corrected chi connectivity index (χ0v) is 10.7. The average Bonchev–Trinajstić information content (AvgIpc) is 2.53. The Morgan fingerprint density at radius 1 is 1.59 bits per heavy atom. The maximum atomic E-state index is 11.4. The summed E-state index contributed by atoms with van der Waals surface area (Å²) < 4.78 is 1.75. The highest BCUT2D eigenvalue weighted by atomic mass is 16.4. The van der Waals surface area contributed by atoms with E-state index in [1.165, 1.54) is 0 Å². The van der Waals surface area contributed by atoms with Gasteiger partial charge in [-0.2, -0.15) is 5.10 Å². The molecule has 2 rings (SSSR count). The van der Waals surface area contributed by atoms with Gasteiger partial charge in [0.2, 0.25) is 0 Å². The minimum Gasteiger partial charge on any atom is -0.481 e. The van der Waals surface area contributed by atoms with Crippen molar-refractivity contribution < 1.29 is 9.90 Å². The van der Waals surface area contributed by atoms with E-state index in [0.29, 0.717) is 12.3 Å². The number of aryl methyl sites for hydroxylation is 2. The van der Waals surface area contributed by atoms with Gasteiger partial charge in [0.1, 0.15) is 5.82 Å². The van der Waals surface area contributed by atoms with Crippen molar-refractivity contribution in [2.45, 2.75) is 39.2 Å². The molecule has 0 aromatic carbocycles. The lowest BCUT2D eigenvalue weighted by atomic mass is 9.84. The van der Waals surface area contributed by atoms with Crippen LogP contribution >= 0.6 is 0 Å². The fourth-order valence-corrected chi connectivity index (χ4v) is 2.53. The van der Waals surface area contributed by atoms with Gasteiger partial charge in [0.05, 0.1) is 11.6 Å². The molecular formula is C12H19N3O2. The minimum absolute atomic E-state index is 0.193. The second-order valence-electron chi connectivity index (χ2n) is 5.09. The smallest absolute Gasteiger partial charge is 0.311 e. The first kappa shape index (κ1) is 12.0. The normalized spacial score (nSPS) is 23.4. The Labute approximate surface area is 101 Å². The van der Waals surface area contributed by atoms with E-state index in [4.69, 9.17) is 0 Å². The molecule has 0 bridgehead atoms. The Bertz CT molecular complexity index is 451. The average molecular weight is 237 g/mol. The predicted molar refractivity (Wildman–Crippen MR) is 65.2 cm³/mol. The number of aliphatic carboxylic acids is 1. The molecule has 5 heteroatoms. The van der Waals surface area contributed by atoms with E-state index in [9.17, 15) is 9.90 Å². The van der Waals surface area contributed by atoms with Gasteiger partial charge in [-0.1, -0.05) is 13.8 Å². The third-order valence-electron chi connectivity index (χ3n) is 3.53. The second-order valence-corrected chi connectivity index (χ2v) is 5.09. The SMILES string of the molecule is Cc1nn(C)c2c1[C@H](C(=O)O)C[C@@H](C(C)C)N2. The highest BCUT2D eigenvalue weighted by Gasteiger charge is 2.36. The second kappa shape index (κ2) is 4.05. The van der Waals surface area contributed by atoms with E-state index in [1.807, 2.05) is 14.0 Å². The summed E-state index contributed by atoms with van der Waals surface area (Å²) in [5.41, 5.74) is 1.65. The molecule has 0 fully saturated rings. The molecule has 0 unspecified atom stereocenters. The van der Waals surface area contributed by atoms with Gasteiger partial charge in [-0.05, 0) is 19.3 Å². The topological polar surface area (TPSA) is 67.2 Å². The molecule has 5 nitrogen and oxygen atoms in total. The van der Waals surface area contributed by atoms with Crippen LogP contribution in [0.2, 0.25) is 0 Å². The zero-order valence-electron chi connectivity index (χ0n) is 10.7. The lowest BCUT2D eigenvalue weighted by molar-refractivity contribution is -0.139. The zero-order chi connectivity index (χ0) is 12.7. The fourth-order valence-electron chi connectivity index (χ4n) is 2.53. The summed E-state index contributed by atoms with van der Waals surface area (Å²) in [5, 5.41) is 17.1. The van der Waals surface area contributed by atoms with Gasteiger partial charge >= 0.3 is 5.97 Å². The lowest BCUT2D eigenvalue weighted by Crippen LogP contribution is -2.35. The van der Waals surface area contributed by atoms with Gasteiger partial charge < -0.3 is 10.4 Å². The number of carbonyl (C=O) groups is 1. The van der Waals surface area contributed by atoms with Crippen LogP contribution in [0.3, 0.4) is 0 Å². The monoisotopic (exact) mass is 237 g/mol. The minimum atomic E-state index is -0.755. The number of nitrogens with zero attached hydrogens (tertiary/aromatic N) is 2. The van der Waals surface area contributed by atoms with Gasteiger partial charge in [0, 0.05) is 18.7 Å². The molecule has 1 aliphatic rings. The van der Waals surface area contributed by atoms with Crippen molar-refractivity contribution in [1.29, 1.82) is 0 Å². The summed E-state index contributed by atoms with van der Waals surface area (Å²) in [7, 11) is 1.85. The van der Waals surface area contributed by atoms with Gasteiger partial charge in [-0.3, -0.25) is 9.48 Å². The molecule has 0 radical (unpaired) electrons. The number of hydrogen-bond donors (Lipinski definition) is 2. The van der Waals surface area contributed by atoms with Gasteiger partial charge in [-0.25, -0.2) is 0 Å². The largest absolute Gasteiger partial charge is 0.481 e. The first-order chi connectivity index (χ1) is 7.91. The van der Waals surface area contributed by atoms with E-state index in [2.05, 4.69) is 24.3 Å². The molecule has 0 spiro atoms. The van der Waals surface area contributed by atoms with E-state index in [-0.39, 0.29) is 6.04 Å². The van der Waals surface area contributed by atoms with Crippen molar-refractivity contribution in [2.24, 2.45) is 13.0 Å². The molecule has 2 atom stereocenters. The van der Waals surface area contributed by atoms with Crippen molar-refractivity contribution >= 4 is 11.8 Å². The number of carboxylic acids is 1. The molecule has 1 aromatic heterocycles. The molecule has 2 N–H and O–H groups in total. The number of carboxylic acid groups (broad SMARTS) is 1. The van der Waals surface area contributed by atoms with E-state index in [0.717, 1.165) is 17.1 Å². The molecule has 17 heavy (non-hydrogen) atoms. The maximum Gasteiger partial charge on any atom is 0.311 e.